The van der Waals surface area contributed by atoms with Crippen LogP contribution in [0, 0.1) is 6.92 Å². The van der Waals surface area contributed by atoms with Crippen LogP contribution in [-0.4, -0.2) is 11.9 Å². The average molecular weight is 478 g/mol. The summed E-state index contributed by atoms with van der Waals surface area (Å²) < 4.78 is 11.7. The normalized spacial score (nSPS) is 15.0. The van der Waals surface area contributed by atoms with Crippen molar-refractivity contribution in [1.29, 1.82) is 0 Å². The molecule has 0 spiro atoms. The summed E-state index contributed by atoms with van der Waals surface area (Å²) in [5, 5.41) is 0. The van der Waals surface area contributed by atoms with Crippen LogP contribution in [-0.2, 0) is 14.3 Å². The standard InChI is InChI=1S/C20H14Br2O4/c1-11-3-5-14(6-4-11)18-10-15(20(24)26-18)7-13-8-16(21)19(17(22)9-13)25-12(2)23/h3-10H,1-2H3/b15-7+. The van der Waals surface area contributed by atoms with Gasteiger partial charge < -0.3 is 9.47 Å². The molecule has 0 unspecified atom stereocenters. The van der Waals surface area contributed by atoms with E-state index >= 15 is 0 Å². The maximum absolute atomic E-state index is 12.2. The summed E-state index contributed by atoms with van der Waals surface area (Å²) in [5.41, 5.74) is 3.18. The van der Waals surface area contributed by atoms with Gasteiger partial charge in [-0.3, -0.25) is 4.79 Å². The summed E-state index contributed by atoms with van der Waals surface area (Å²) in [4.78, 5) is 23.3. The van der Waals surface area contributed by atoms with Gasteiger partial charge in [-0.05, 0) is 68.6 Å². The molecule has 26 heavy (non-hydrogen) atoms. The van der Waals surface area contributed by atoms with Crippen LogP contribution in [0.3, 0.4) is 0 Å². The first-order chi connectivity index (χ1) is 12.3. The highest BCUT2D eigenvalue weighted by molar-refractivity contribution is 9.11. The van der Waals surface area contributed by atoms with Gasteiger partial charge in [0.15, 0.2) is 5.75 Å². The number of aryl methyl sites for hydroxylation is 1. The molecule has 0 aromatic heterocycles. The number of esters is 2. The predicted octanol–water partition coefficient (Wildman–Crippen LogP) is 5.43. The molecule has 0 fully saturated rings. The first-order valence-corrected chi connectivity index (χ1v) is 9.32. The highest BCUT2D eigenvalue weighted by atomic mass is 79.9. The van der Waals surface area contributed by atoms with E-state index in [9.17, 15) is 9.59 Å². The molecule has 0 saturated carbocycles. The molecule has 1 aliphatic rings. The summed E-state index contributed by atoms with van der Waals surface area (Å²) in [5.74, 6) is 0.0971. The van der Waals surface area contributed by atoms with Gasteiger partial charge in [0.05, 0.1) is 14.5 Å². The largest absolute Gasteiger partial charge is 0.424 e. The van der Waals surface area contributed by atoms with Crippen molar-refractivity contribution in [2.24, 2.45) is 0 Å². The third-order valence-corrected chi connectivity index (χ3v) is 4.83. The van der Waals surface area contributed by atoms with Crippen molar-refractivity contribution >= 4 is 55.6 Å². The molecule has 2 aromatic carbocycles. The fraction of sp³-hybridized carbons (Fsp3) is 0.100. The second-order valence-electron chi connectivity index (χ2n) is 5.77. The van der Waals surface area contributed by atoms with Gasteiger partial charge in [-0.15, -0.1) is 0 Å². The van der Waals surface area contributed by atoms with E-state index in [2.05, 4.69) is 31.9 Å². The maximum atomic E-state index is 12.2. The van der Waals surface area contributed by atoms with Crippen LogP contribution >= 0.6 is 31.9 Å². The molecule has 0 bridgehead atoms. The SMILES string of the molecule is CC(=O)Oc1c(Br)cc(/C=C2\C=C(c3ccc(C)cc3)OC2=O)cc1Br. The quantitative estimate of drug-likeness (QED) is 0.336. The lowest BCUT2D eigenvalue weighted by Gasteiger charge is -2.08. The Labute approximate surface area is 167 Å². The summed E-state index contributed by atoms with van der Waals surface area (Å²) >= 11 is 6.76. The van der Waals surface area contributed by atoms with Gasteiger partial charge in [0.2, 0.25) is 0 Å². The van der Waals surface area contributed by atoms with Gasteiger partial charge in [0.1, 0.15) is 5.76 Å². The Kier molecular flexibility index (Phi) is 5.44. The molecule has 3 rings (SSSR count). The van der Waals surface area contributed by atoms with E-state index in [4.69, 9.17) is 9.47 Å². The van der Waals surface area contributed by atoms with Crippen LogP contribution in [0.15, 0.2) is 57.0 Å². The van der Waals surface area contributed by atoms with E-state index < -0.39 is 11.9 Å². The lowest BCUT2D eigenvalue weighted by Crippen LogP contribution is -2.03. The Balaban J connectivity index is 1.93. The van der Waals surface area contributed by atoms with Gasteiger partial charge in [-0.25, -0.2) is 4.79 Å². The minimum atomic E-state index is -0.414. The van der Waals surface area contributed by atoms with Crippen LogP contribution in [0.2, 0.25) is 0 Å². The van der Waals surface area contributed by atoms with Crippen LogP contribution in [0.25, 0.3) is 11.8 Å². The fourth-order valence-corrected chi connectivity index (χ4v) is 3.82. The molecular weight excluding hydrogens is 464 g/mol. The molecule has 0 radical (unpaired) electrons. The average Bonchev–Trinajstić information content (AvgIpc) is 2.92. The number of rotatable bonds is 3. The van der Waals surface area contributed by atoms with Crippen molar-refractivity contribution in [3.63, 3.8) is 0 Å². The summed E-state index contributed by atoms with van der Waals surface area (Å²) in [6, 6.07) is 11.3. The molecule has 0 atom stereocenters. The molecule has 0 amide bonds. The number of carbonyl (C=O) groups is 2. The fourth-order valence-electron chi connectivity index (χ4n) is 2.43. The van der Waals surface area contributed by atoms with Crippen molar-refractivity contribution in [3.8, 4) is 5.75 Å². The topological polar surface area (TPSA) is 52.6 Å². The number of carbonyl (C=O) groups excluding carboxylic acids is 2. The molecule has 4 nitrogen and oxygen atoms in total. The number of cyclic esters (lactones) is 1. The Morgan fingerprint density at radius 2 is 1.73 bits per heavy atom. The number of benzene rings is 2. The number of hydrogen-bond acceptors (Lipinski definition) is 4. The van der Waals surface area contributed by atoms with Gasteiger partial charge in [0.25, 0.3) is 0 Å². The van der Waals surface area contributed by atoms with E-state index in [0.29, 0.717) is 26.0 Å². The van der Waals surface area contributed by atoms with E-state index in [1.807, 2.05) is 31.2 Å². The monoisotopic (exact) mass is 476 g/mol. The maximum Gasteiger partial charge on any atom is 0.343 e. The number of hydrogen-bond donors (Lipinski definition) is 0. The Morgan fingerprint density at radius 1 is 1.12 bits per heavy atom. The number of ether oxygens (including phenoxy) is 2. The zero-order valence-electron chi connectivity index (χ0n) is 14.0. The molecule has 1 aliphatic heterocycles. The minimum Gasteiger partial charge on any atom is -0.424 e. The first-order valence-electron chi connectivity index (χ1n) is 7.73. The second-order valence-corrected chi connectivity index (χ2v) is 7.48. The van der Waals surface area contributed by atoms with Crippen molar-refractivity contribution in [1.82, 2.24) is 0 Å². The third-order valence-electron chi connectivity index (χ3n) is 3.65. The molecule has 0 saturated heterocycles. The van der Waals surface area contributed by atoms with Crippen LogP contribution < -0.4 is 4.74 Å². The van der Waals surface area contributed by atoms with Crippen molar-refractivity contribution in [2.45, 2.75) is 13.8 Å². The summed E-state index contributed by atoms with van der Waals surface area (Å²) in [7, 11) is 0. The molecular formula is C20H14Br2O4. The number of halogens is 2. The van der Waals surface area contributed by atoms with Gasteiger partial charge in [-0.2, -0.15) is 0 Å². The summed E-state index contributed by atoms with van der Waals surface area (Å²) in [6.45, 7) is 3.33. The van der Waals surface area contributed by atoms with Crippen molar-refractivity contribution < 1.29 is 19.1 Å². The highest BCUT2D eigenvalue weighted by Gasteiger charge is 2.22. The molecule has 1 heterocycles. The third kappa shape index (κ3) is 4.14. The molecule has 0 aliphatic carbocycles. The molecule has 0 N–H and O–H groups in total. The second kappa shape index (κ2) is 7.60. The zero-order chi connectivity index (χ0) is 18.8. The lowest BCUT2D eigenvalue weighted by atomic mass is 10.1. The van der Waals surface area contributed by atoms with Crippen molar-refractivity contribution in [3.05, 3.63) is 73.7 Å². The van der Waals surface area contributed by atoms with Crippen molar-refractivity contribution in [2.75, 3.05) is 0 Å². The summed E-state index contributed by atoms with van der Waals surface area (Å²) in [6.07, 6.45) is 3.44. The van der Waals surface area contributed by atoms with Crippen LogP contribution in [0.1, 0.15) is 23.6 Å². The Bertz CT molecular complexity index is 933. The molecule has 6 heteroatoms. The minimum absolute atomic E-state index is 0.393. The first kappa shape index (κ1) is 18.6. The zero-order valence-corrected chi connectivity index (χ0v) is 17.2. The van der Waals surface area contributed by atoms with Gasteiger partial charge >= 0.3 is 11.9 Å². The molecule has 2 aromatic rings. The lowest BCUT2D eigenvalue weighted by molar-refractivity contribution is -0.132. The van der Waals surface area contributed by atoms with E-state index in [0.717, 1.165) is 16.7 Å². The van der Waals surface area contributed by atoms with Gasteiger partial charge in [-0.1, -0.05) is 29.8 Å². The molecule has 132 valence electrons. The Morgan fingerprint density at radius 3 is 2.31 bits per heavy atom. The highest BCUT2D eigenvalue weighted by Crippen LogP contribution is 2.36. The van der Waals surface area contributed by atoms with Crippen LogP contribution in [0.5, 0.6) is 5.75 Å². The van der Waals surface area contributed by atoms with E-state index in [1.54, 1.807) is 24.3 Å². The van der Waals surface area contributed by atoms with Crippen LogP contribution in [0.4, 0.5) is 0 Å². The van der Waals surface area contributed by atoms with Gasteiger partial charge in [0, 0.05) is 12.5 Å². The van der Waals surface area contributed by atoms with E-state index in [1.165, 1.54) is 6.92 Å². The smallest absolute Gasteiger partial charge is 0.343 e. The predicted molar refractivity (Wildman–Crippen MR) is 106 cm³/mol. The Hall–Kier alpha value is -2.18. The van der Waals surface area contributed by atoms with E-state index in [-0.39, 0.29) is 0 Å².